The summed E-state index contributed by atoms with van der Waals surface area (Å²) in [5.41, 5.74) is 5.97. The molecule has 42 heavy (non-hydrogen) atoms. The van der Waals surface area contributed by atoms with Crippen LogP contribution in [0.4, 0.5) is 0 Å². The molecule has 9 heteroatoms. The Morgan fingerprint density at radius 2 is 1.12 bits per heavy atom. The number of hydrogen-bond acceptors (Lipinski definition) is 8. The minimum absolute atomic E-state index is 0.0485. The van der Waals surface area contributed by atoms with Crippen molar-refractivity contribution in [1.29, 1.82) is 0 Å². The Morgan fingerprint density at radius 3 is 1.57 bits per heavy atom. The summed E-state index contributed by atoms with van der Waals surface area (Å²) in [4.78, 5) is 42.7. The molecule has 0 aliphatic carbocycles. The Labute approximate surface area is 255 Å². The van der Waals surface area contributed by atoms with Crippen molar-refractivity contribution in [2.45, 2.75) is 173 Å². The Morgan fingerprint density at radius 1 is 0.714 bits per heavy atom. The zero-order chi connectivity index (χ0) is 31.0. The van der Waals surface area contributed by atoms with Gasteiger partial charge >= 0.3 is 5.97 Å². The number of aliphatic hydroxyl groups is 2. The van der Waals surface area contributed by atoms with Crippen molar-refractivity contribution in [3.63, 3.8) is 0 Å². The van der Waals surface area contributed by atoms with Crippen LogP contribution in [0.5, 0.6) is 0 Å². The Kier molecular flexibility index (Phi) is 22.8. The van der Waals surface area contributed by atoms with E-state index in [0.717, 1.165) is 44.9 Å². The lowest BCUT2D eigenvalue weighted by molar-refractivity contribution is -0.198. The summed E-state index contributed by atoms with van der Waals surface area (Å²) in [5.74, 6) is -1.81. The fraction of sp³-hybridized carbons (Fsp3) is 0.909. The van der Waals surface area contributed by atoms with Crippen molar-refractivity contribution in [3.8, 4) is 0 Å². The third-order valence-electron chi connectivity index (χ3n) is 8.20. The third kappa shape index (κ3) is 18.9. The number of hydroxylamine groups is 2. The van der Waals surface area contributed by atoms with Crippen molar-refractivity contribution in [1.82, 2.24) is 9.96 Å². The first-order valence-electron chi connectivity index (χ1n) is 17.2. The molecule has 3 atom stereocenters. The van der Waals surface area contributed by atoms with Crippen molar-refractivity contribution < 1.29 is 29.4 Å². The molecule has 1 fully saturated rings. The molecular formula is C33H63N3O6. The number of imide groups is 1. The molecule has 246 valence electrons. The maximum absolute atomic E-state index is 12.3. The van der Waals surface area contributed by atoms with Gasteiger partial charge in [0, 0.05) is 25.9 Å². The van der Waals surface area contributed by atoms with E-state index >= 15 is 0 Å². The molecule has 1 rings (SSSR count). The van der Waals surface area contributed by atoms with Gasteiger partial charge in [0.25, 0.3) is 11.8 Å². The second kappa shape index (κ2) is 24.8. The van der Waals surface area contributed by atoms with Gasteiger partial charge in [-0.2, -0.15) is 0 Å². The average molecular weight is 598 g/mol. The number of carbonyl (C=O) groups is 3. The third-order valence-corrected chi connectivity index (χ3v) is 8.20. The van der Waals surface area contributed by atoms with Gasteiger partial charge in [-0.15, -0.1) is 5.06 Å². The van der Waals surface area contributed by atoms with Crippen LogP contribution in [-0.4, -0.2) is 75.8 Å². The Bertz CT molecular complexity index is 706. The van der Waals surface area contributed by atoms with Crippen LogP contribution >= 0.6 is 0 Å². The molecule has 0 aromatic rings. The molecule has 0 saturated carbocycles. The van der Waals surface area contributed by atoms with E-state index in [1.54, 1.807) is 0 Å². The lowest BCUT2D eigenvalue weighted by Gasteiger charge is -2.27. The summed E-state index contributed by atoms with van der Waals surface area (Å²) >= 11 is 0. The van der Waals surface area contributed by atoms with Crippen LogP contribution in [-0.2, 0) is 19.2 Å². The average Bonchev–Trinajstić information content (AvgIpc) is 3.28. The second-order valence-electron chi connectivity index (χ2n) is 12.3. The molecule has 4 N–H and O–H groups in total. The van der Waals surface area contributed by atoms with Gasteiger partial charge in [-0.3, -0.25) is 14.5 Å². The molecule has 0 unspecified atom stereocenters. The maximum Gasteiger partial charge on any atom is 0.349 e. The lowest BCUT2D eigenvalue weighted by atomic mass is 10.0. The van der Waals surface area contributed by atoms with Gasteiger partial charge in [0.15, 0.2) is 0 Å². The van der Waals surface area contributed by atoms with Crippen LogP contribution in [0.15, 0.2) is 0 Å². The van der Waals surface area contributed by atoms with Gasteiger partial charge in [0.05, 0.1) is 12.2 Å². The zero-order valence-electron chi connectivity index (χ0n) is 26.9. The first kappa shape index (κ1) is 38.5. The van der Waals surface area contributed by atoms with E-state index in [1.165, 1.54) is 70.6 Å². The minimum atomic E-state index is -0.921. The van der Waals surface area contributed by atoms with E-state index in [4.69, 9.17) is 10.6 Å². The van der Waals surface area contributed by atoms with E-state index in [9.17, 15) is 24.6 Å². The molecule has 1 aliphatic rings. The van der Waals surface area contributed by atoms with Gasteiger partial charge in [0.1, 0.15) is 6.04 Å². The number of amides is 2. The van der Waals surface area contributed by atoms with Crippen molar-refractivity contribution >= 4 is 17.8 Å². The Hall–Kier alpha value is -1.55. The predicted octanol–water partition coefficient (Wildman–Crippen LogP) is 5.79. The van der Waals surface area contributed by atoms with E-state index in [-0.39, 0.29) is 12.8 Å². The van der Waals surface area contributed by atoms with E-state index in [0.29, 0.717) is 37.5 Å². The van der Waals surface area contributed by atoms with Crippen LogP contribution in [0.25, 0.3) is 0 Å². The van der Waals surface area contributed by atoms with Crippen LogP contribution in [0.1, 0.15) is 155 Å². The highest BCUT2D eigenvalue weighted by molar-refractivity contribution is 6.01. The quantitative estimate of drug-likeness (QED) is 0.0763. The van der Waals surface area contributed by atoms with Crippen LogP contribution in [0, 0.1) is 0 Å². The number of rotatable bonds is 28. The van der Waals surface area contributed by atoms with Crippen molar-refractivity contribution in [3.05, 3.63) is 0 Å². The normalized spacial score (nSPS) is 15.9. The smallest absolute Gasteiger partial charge is 0.349 e. The van der Waals surface area contributed by atoms with Crippen LogP contribution < -0.4 is 5.73 Å². The summed E-state index contributed by atoms with van der Waals surface area (Å²) in [5, 5.41) is 22.0. The molecule has 0 aromatic carbocycles. The van der Waals surface area contributed by atoms with E-state index < -0.39 is 36.0 Å². The molecular weight excluding hydrogens is 534 g/mol. The van der Waals surface area contributed by atoms with Gasteiger partial charge in [-0.25, -0.2) is 4.79 Å². The molecule has 1 saturated heterocycles. The maximum atomic E-state index is 12.3. The van der Waals surface area contributed by atoms with Gasteiger partial charge in [-0.05, 0) is 32.2 Å². The highest BCUT2D eigenvalue weighted by Crippen LogP contribution is 2.16. The van der Waals surface area contributed by atoms with Crippen LogP contribution in [0.2, 0.25) is 0 Å². The number of aliphatic hydroxyl groups excluding tert-OH is 2. The fourth-order valence-corrected chi connectivity index (χ4v) is 5.52. The van der Waals surface area contributed by atoms with Crippen molar-refractivity contribution in [2.24, 2.45) is 5.73 Å². The van der Waals surface area contributed by atoms with Crippen LogP contribution in [0.3, 0.4) is 0 Å². The number of hydrogen-bond donors (Lipinski definition) is 3. The molecule has 0 aromatic heterocycles. The van der Waals surface area contributed by atoms with Gasteiger partial charge in [0.2, 0.25) is 0 Å². The number of nitrogens with two attached hydrogens (primary N) is 1. The molecule has 9 nitrogen and oxygen atoms in total. The van der Waals surface area contributed by atoms with E-state index in [1.807, 2.05) is 0 Å². The minimum Gasteiger partial charge on any atom is -0.392 e. The molecule has 1 heterocycles. The number of unbranched alkanes of at least 4 members (excludes halogenated alkanes) is 14. The number of carbonyl (C=O) groups excluding carboxylic acids is 3. The summed E-state index contributed by atoms with van der Waals surface area (Å²) in [6, 6.07) is -0.921. The van der Waals surface area contributed by atoms with E-state index in [2.05, 4.69) is 18.7 Å². The topological polar surface area (TPSA) is 133 Å². The second-order valence-corrected chi connectivity index (χ2v) is 12.3. The lowest BCUT2D eigenvalue weighted by Crippen LogP contribution is -2.40. The largest absolute Gasteiger partial charge is 0.392 e. The van der Waals surface area contributed by atoms with Gasteiger partial charge < -0.3 is 20.8 Å². The molecule has 1 aliphatic heterocycles. The summed E-state index contributed by atoms with van der Waals surface area (Å²) in [6.45, 7) is 6.19. The SMILES string of the molecule is CCCCCCCCCC[C@@H](O)CN(CCCC[C@H](N)C(=O)ON1C(=O)CCC1=O)C[C@H](O)CCCCCCCCC. The molecule has 0 radical (unpaired) electrons. The molecule has 0 bridgehead atoms. The number of nitrogens with zero attached hydrogens (tertiary/aromatic N) is 2. The van der Waals surface area contributed by atoms with Crippen molar-refractivity contribution in [2.75, 3.05) is 19.6 Å². The zero-order valence-corrected chi connectivity index (χ0v) is 26.9. The first-order chi connectivity index (χ1) is 20.3. The summed E-state index contributed by atoms with van der Waals surface area (Å²) < 4.78 is 0. The molecule has 0 spiro atoms. The summed E-state index contributed by atoms with van der Waals surface area (Å²) in [7, 11) is 0. The predicted molar refractivity (Wildman–Crippen MR) is 167 cm³/mol. The Balaban J connectivity index is 2.41. The highest BCUT2D eigenvalue weighted by Gasteiger charge is 2.34. The fourth-order valence-electron chi connectivity index (χ4n) is 5.52. The first-order valence-corrected chi connectivity index (χ1v) is 17.2. The highest BCUT2D eigenvalue weighted by atomic mass is 16.7. The monoisotopic (exact) mass is 597 g/mol. The van der Waals surface area contributed by atoms with Gasteiger partial charge in [-0.1, -0.05) is 117 Å². The summed E-state index contributed by atoms with van der Waals surface area (Å²) in [6.07, 6.45) is 20.9. The molecule has 2 amide bonds. The standard InChI is InChI=1S/C33H63N3O6/c1-3-5-7-9-11-13-15-17-21-29(38)27-35(26-28(37)20-16-14-12-10-8-6-4-2)25-19-18-22-30(34)33(41)42-36-31(39)23-24-32(36)40/h28-30,37-38H,3-27,34H2,1-2H3/t28-,29-,30+/m1/s1.